The number of Topliss-reactive ketones (excluding diaryl/α,β-unsaturated/α-hetero) is 1. The Labute approximate surface area is 145 Å². The molecule has 0 radical (unpaired) electrons. The molecule has 2 saturated carbocycles. The SMILES string of the molecule is CC[C@]12CC[C@@H]3c4cc(OC(F)(F)F)ccc4CC[C@H]3[C@@H]1CCC2=O. The van der Waals surface area contributed by atoms with Crippen LogP contribution in [0.4, 0.5) is 13.2 Å². The fourth-order valence-corrected chi connectivity index (χ4v) is 5.96. The molecule has 0 unspecified atom stereocenters. The third-order valence-electron chi connectivity index (χ3n) is 7.01. The summed E-state index contributed by atoms with van der Waals surface area (Å²) in [5, 5.41) is 0. The van der Waals surface area contributed by atoms with Crippen molar-refractivity contribution in [1.29, 1.82) is 0 Å². The molecule has 4 rings (SSSR count). The molecular weight excluding hydrogens is 329 g/mol. The van der Waals surface area contributed by atoms with Gasteiger partial charge in [0.15, 0.2) is 0 Å². The highest BCUT2D eigenvalue weighted by Crippen LogP contribution is 2.61. The molecule has 0 amide bonds. The van der Waals surface area contributed by atoms with Crippen molar-refractivity contribution in [2.24, 2.45) is 17.3 Å². The van der Waals surface area contributed by atoms with E-state index in [2.05, 4.69) is 11.7 Å². The van der Waals surface area contributed by atoms with Gasteiger partial charge in [-0.25, -0.2) is 0 Å². The van der Waals surface area contributed by atoms with E-state index in [0.29, 0.717) is 24.0 Å². The molecule has 0 saturated heterocycles. The average molecular weight is 352 g/mol. The Kier molecular flexibility index (Phi) is 3.89. The number of alkyl halides is 3. The Morgan fingerprint density at radius 1 is 1.20 bits per heavy atom. The first-order valence-electron chi connectivity index (χ1n) is 9.26. The number of fused-ring (bicyclic) bond motifs is 5. The number of halogens is 3. The first-order valence-corrected chi connectivity index (χ1v) is 9.26. The van der Waals surface area contributed by atoms with Gasteiger partial charge < -0.3 is 4.74 Å². The topological polar surface area (TPSA) is 26.3 Å². The van der Waals surface area contributed by atoms with Gasteiger partial charge in [-0.3, -0.25) is 4.79 Å². The molecule has 25 heavy (non-hydrogen) atoms. The quantitative estimate of drug-likeness (QED) is 0.712. The number of ketones is 1. The van der Waals surface area contributed by atoms with Crippen molar-refractivity contribution < 1.29 is 22.7 Å². The Morgan fingerprint density at radius 3 is 2.72 bits per heavy atom. The second-order valence-corrected chi connectivity index (χ2v) is 7.83. The summed E-state index contributed by atoms with van der Waals surface area (Å²) in [6.45, 7) is 2.11. The largest absolute Gasteiger partial charge is 0.573 e. The number of ether oxygens (including phenoxy) is 1. The van der Waals surface area contributed by atoms with Gasteiger partial charge in [0, 0.05) is 11.8 Å². The predicted molar refractivity (Wildman–Crippen MR) is 87.4 cm³/mol. The Hall–Kier alpha value is -1.52. The first kappa shape index (κ1) is 16.9. The Bertz CT molecular complexity index is 697. The maximum atomic E-state index is 12.6. The lowest BCUT2D eigenvalue weighted by molar-refractivity contribution is -0.274. The first-order chi connectivity index (χ1) is 11.8. The number of aryl methyl sites for hydroxylation is 1. The van der Waals surface area contributed by atoms with Gasteiger partial charge in [0.05, 0.1) is 0 Å². The average Bonchev–Trinajstić information content (AvgIpc) is 2.90. The Morgan fingerprint density at radius 2 is 2.00 bits per heavy atom. The fourth-order valence-electron chi connectivity index (χ4n) is 5.96. The number of hydrogen-bond acceptors (Lipinski definition) is 2. The Balaban J connectivity index is 1.67. The fraction of sp³-hybridized carbons (Fsp3) is 0.650. The van der Waals surface area contributed by atoms with Gasteiger partial charge in [0.1, 0.15) is 11.5 Å². The summed E-state index contributed by atoms with van der Waals surface area (Å²) >= 11 is 0. The van der Waals surface area contributed by atoms with E-state index in [4.69, 9.17) is 0 Å². The second kappa shape index (κ2) is 5.75. The number of carbonyl (C=O) groups excluding carboxylic acids is 1. The van der Waals surface area contributed by atoms with Crippen molar-refractivity contribution in [2.45, 2.75) is 64.1 Å². The van der Waals surface area contributed by atoms with E-state index < -0.39 is 6.36 Å². The molecule has 3 aliphatic carbocycles. The van der Waals surface area contributed by atoms with Crippen LogP contribution in [-0.2, 0) is 11.2 Å². The highest BCUT2D eigenvalue weighted by molar-refractivity contribution is 5.87. The highest BCUT2D eigenvalue weighted by Gasteiger charge is 2.56. The van der Waals surface area contributed by atoms with Crippen LogP contribution in [0.2, 0.25) is 0 Å². The molecule has 0 N–H and O–H groups in total. The number of rotatable bonds is 2. The van der Waals surface area contributed by atoms with E-state index in [1.165, 1.54) is 6.07 Å². The molecule has 1 aromatic rings. The lowest BCUT2D eigenvalue weighted by Gasteiger charge is -2.49. The minimum atomic E-state index is -4.66. The summed E-state index contributed by atoms with van der Waals surface area (Å²) in [6, 6.07) is 4.80. The van der Waals surface area contributed by atoms with Gasteiger partial charge in [0.25, 0.3) is 0 Å². The molecule has 4 atom stereocenters. The molecule has 136 valence electrons. The van der Waals surface area contributed by atoms with Crippen LogP contribution in [0.25, 0.3) is 0 Å². The van der Waals surface area contributed by atoms with E-state index in [9.17, 15) is 18.0 Å². The van der Waals surface area contributed by atoms with Gasteiger partial charge in [0.2, 0.25) is 0 Å². The molecule has 0 spiro atoms. The molecule has 0 aliphatic heterocycles. The summed E-state index contributed by atoms with van der Waals surface area (Å²) in [5.41, 5.74) is 1.99. The van der Waals surface area contributed by atoms with E-state index in [1.807, 2.05) is 0 Å². The van der Waals surface area contributed by atoms with E-state index in [0.717, 1.165) is 49.7 Å². The number of benzene rings is 1. The molecule has 1 aromatic carbocycles. The van der Waals surface area contributed by atoms with Crippen LogP contribution in [0, 0.1) is 17.3 Å². The normalized spacial score (nSPS) is 34.2. The summed E-state index contributed by atoms with van der Waals surface area (Å²) in [4.78, 5) is 12.5. The minimum Gasteiger partial charge on any atom is -0.406 e. The van der Waals surface area contributed by atoms with Crippen LogP contribution < -0.4 is 4.74 Å². The van der Waals surface area contributed by atoms with Gasteiger partial charge in [-0.05, 0) is 79.5 Å². The molecule has 0 bridgehead atoms. The van der Waals surface area contributed by atoms with Crippen molar-refractivity contribution >= 4 is 5.78 Å². The molecule has 0 heterocycles. The molecule has 5 heteroatoms. The van der Waals surface area contributed by atoms with E-state index in [1.54, 1.807) is 12.1 Å². The smallest absolute Gasteiger partial charge is 0.406 e. The predicted octanol–water partition coefficient (Wildman–Crippen LogP) is 5.40. The molecule has 2 nitrogen and oxygen atoms in total. The van der Waals surface area contributed by atoms with Crippen LogP contribution in [-0.4, -0.2) is 12.1 Å². The van der Waals surface area contributed by atoms with Gasteiger partial charge in [-0.1, -0.05) is 13.0 Å². The van der Waals surface area contributed by atoms with Crippen molar-refractivity contribution in [2.75, 3.05) is 0 Å². The number of hydrogen-bond donors (Lipinski definition) is 0. The summed E-state index contributed by atoms with van der Waals surface area (Å²) < 4.78 is 41.8. The van der Waals surface area contributed by atoms with Gasteiger partial charge in [-0.15, -0.1) is 13.2 Å². The van der Waals surface area contributed by atoms with Crippen LogP contribution in [0.1, 0.15) is 62.5 Å². The van der Waals surface area contributed by atoms with Crippen molar-refractivity contribution in [3.05, 3.63) is 29.3 Å². The summed E-state index contributed by atoms with van der Waals surface area (Å²) in [7, 11) is 0. The maximum Gasteiger partial charge on any atom is 0.573 e. The molecule has 3 aliphatic rings. The van der Waals surface area contributed by atoms with Gasteiger partial charge >= 0.3 is 6.36 Å². The monoisotopic (exact) mass is 352 g/mol. The molecule has 0 aromatic heterocycles. The lowest BCUT2D eigenvalue weighted by Crippen LogP contribution is -2.44. The zero-order valence-corrected chi connectivity index (χ0v) is 14.4. The van der Waals surface area contributed by atoms with Crippen molar-refractivity contribution in [3.8, 4) is 5.75 Å². The second-order valence-electron chi connectivity index (χ2n) is 7.83. The number of carbonyl (C=O) groups is 1. The van der Waals surface area contributed by atoms with E-state index in [-0.39, 0.29) is 17.1 Å². The van der Waals surface area contributed by atoms with Crippen molar-refractivity contribution in [3.63, 3.8) is 0 Å². The molecule has 2 fully saturated rings. The van der Waals surface area contributed by atoms with Crippen LogP contribution in [0.5, 0.6) is 5.75 Å². The highest BCUT2D eigenvalue weighted by atomic mass is 19.4. The lowest BCUT2D eigenvalue weighted by atomic mass is 9.54. The zero-order chi connectivity index (χ0) is 17.8. The van der Waals surface area contributed by atoms with Crippen LogP contribution in [0.3, 0.4) is 0 Å². The molecular formula is C20H23F3O2. The van der Waals surface area contributed by atoms with Crippen molar-refractivity contribution in [1.82, 2.24) is 0 Å². The van der Waals surface area contributed by atoms with Gasteiger partial charge in [-0.2, -0.15) is 0 Å². The summed E-state index contributed by atoms with van der Waals surface area (Å²) in [5.74, 6) is 1.36. The third kappa shape index (κ3) is 2.67. The zero-order valence-electron chi connectivity index (χ0n) is 14.4. The van der Waals surface area contributed by atoms with Crippen LogP contribution in [0.15, 0.2) is 18.2 Å². The maximum absolute atomic E-state index is 12.6. The van der Waals surface area contributed by atoms with E-state index >= 15 is 0 Å². The standard InChI is InChI=1S/C20H23F3O2/c1-2-19-10-9-14-15(17(19)7-8-18(19)24)6-4-12-3-5-13(11-16(12)14)25-20(21,22)23/h3,5,11,14-15,17H,2,4,6-10H2,1H3/t14-,15+,17-,19-/m0/s1. The third-order valence-corrected chi connectivity index (χ3v) is 7.01. The summed E-state index contributed by atoms with van der Waals surface area (Å²) in [6.07, 6.45) is 1.53. The minimum absolute atomic E-state index is 0.123. The van der Waals surface area contributed by atoms with Crippen LogP contribution >= 0.6 is 0 Å².